The number of allylic oxidation sites excluding steroid dienone is 1. The van der Waals surface area contributed by atoms with Crippen molar-refractivity contribution in [1.29, 1.82) is 0 Å². The fourth-order valence-electron chi connectivity index (χ4n) is 0.900. The van der Waals surface area contributed by atoms with Crippen molar-refractivity contribution in [2.24, 2.45) is 5.92 Å². The van der Waals surface area contributed by atoms with E-state index in [9.17, 15) is 9.59 Å². The summed E-state index contributed by atoms with van der Waals surface area (Å²) in [6.45, 7) is 4.02. The number of carbonyl (C=O) groups excluding carboxylic acids is 2. The molecule has 1 rings (SSSR count). The minimum absolute atomic E-state index is 0.309. The van der Waals surface area contributed by atoms with Gasteiger partial charge in [0.1, 0.15) is 5.70 Å². The number of amides is 3. The van der Waals surface area contributed by atoms with E-state index in [0.29, 0.717) is 11.6 Å². The Morgan fingerprint density at radius 2 is 2.08 bits per heavy atom. The number of hydrogen-bond acceptors (Lipinski definition) is 2. The summed E-state index contributed by atoms with van der Waals surface area (Å²) in [6, 6.07) is -0.436. The zero-order valence-electron chi connectivity index (χ0n) is 7.18. The van der Waals surface area contributed by atoms with Gasteiger partial charge in [-0.1, -0.05) is 26.3 Å². The molecule has 4 nitrogen and oxygen atoms in total. The van der Waals surface area contributed by atoms with Crippen LogP contribution in [0.5, 0.6) is 0 Å². The van der Waals surface area contributed by atoms with Gasteiger partial charge in [0.25, 0.3) is 5.91 Å². The third-order valence-electron chi connectivity index (χ3n) is 1.82. The first-order valence-electron chi connectivity index (χ1n) is 3.97. The molecule has 0 aliphatic carbocycles. The molecule has 1 aliphatic rings. The van der Waals surface area contributed by atoms with Gasteiger partial charge in [0.2, 0.25) is 0 Å². The van der Waals surface area contributed by atoms with Crippen LogP contribution in [0.3, 0.4) is 0 Å². The first-order chi connectivity index (χ1) is 5.63. The summed E-state index contributed by atoms with van der Waals surface area (Å²) in [6.07, 6.45) is 2.72. The average molecular weight is 168 g/mol. The molecule has 0 radical (unpaired) electrons. The van der Waals surface area contributed by atoms with Crippen molar-refractivity contribution in [1.82, 2.24) is 10.6 Å². The van der Waals surface area contributed by atoms with Crippen molar-refractivity contribution in [3.63, 3.8) is 0 Å². The fourth-order valence-corrected chi connectivity index (χ4v) is 0.900. The van der Waals surface area contributed by atoms with Gasteiger partial charge in [-0.25, -0.2) is 4.79 Å². The Labute approximate surface area is 71.0 Å². The third-order valence-corrected chi connectivity index (χ3v) is 1.82. The summed E-state index contributed by atoms with van der Waals surface area (Å²) in [4.78, 5) is 21.6. The Kier molecular flexibility index (Phi) is 2.47. The second kappa shape index (κ2) is 3.38. The number of imide groups is 1. The van der Waals surface area contributed by atoms with Gasteiger partial charge < -0.3 is 5.32 Å². The maximum atomic E-state index is 11.0. The van der Waals surface area contributed by atoms with Gasteiger partial charge in [-0.2, -0.15) is 0 Å². The summed E-state index contributed by atoms with van der Waals surface area (Å²) in [7, 11) is 0. The van der Waals surface area contributed by atoms with Crippen LogP contribution >= 0.6 is 0 Å². The van der Waals surface area contributed by atoms with Crippen LogP contribution in [0.2, 0.25) is 0 Å². The Morgan fingerprint density at radius 3 is 2.50 bits per heavy atom. The molecule has 0 bridgehead atoms. The lowest BCUT2D eigenvalue weighted by molar-refractivity contribution is -0.115. The number of rotatable bonds is 2. The van der Waals surface area contributed by atoms with Crippen LogP contribution in [0.25, 0.3) is 0 Å². The van der Waals surface area contributed by atoms with Crippen LogP contribution in [0.4, 0.5) is 4.79 Å². The van der Waals surface area contributed by atoms with E-state index >= 15 is 0 Å². The van der Waals surface area contributed by atoms with E-state index in [4.69, 9.17) is 0 Å². The first-order valence-corrected chi connectivity index (χ1v) is 3.97. The third kappa shape index (κ3) is 1.84. The highest BCUT2D eigenvalue weighted by Gasteiger charge is 2.22. The van der Waals surface area contributed by atoms with Crippen molar-refractivity contribution >= 4 is 11.9 Å². The fraction of sp³-hybridized carbons (Fsp3) is 0.500. The first kappa shape index (κ1) is 8.77. The minimum Gasteiger partial charge on any atom is -0.303 e. The molecule has 0 saturated carbocycles. The predicted molar refractivity (Wildman–Crippen MR) is 44.2 cm³/mol. The lowest BCUT2D eigenvalue weighted by Gasteiger charge is -2.00. The summed E-state index contributed by atoms with van der Waals surface area (Å²) >= 11 is 0. The van der Waals surface area contributed by atoms with Crippen LogP contribution in [0.15, 0.2) is 11.8 Å². The number of hydrogen-bond donors (Lipinski definition) is 2. The Balaban J connectivity index is 2.69. The van der Waals surface area contributed by atoms with Crippen LogP contribution in [-0.4, -0.2) is 11.9 Å². The molecule has 0 aromatic carbocycles. The second-order valence-electron chi connectivity index (χ2n) is 2.87. The van der Waals surface area contributed by atoms with E-state index in [1.807, 2.05) is 13.8 Å². The maximum absolute atomic E-state index is 11.0. The van der Waals surface area contributed by atoms with Gasteiger partial charge in [0, 0.05) is 0 Å². The van der Waals surface area contributed by atoms with E-state index in [0.717, 1.165) is 6.42 Å². The lowest BCUT2D eigenvalue weighted by Crippen LogP contribution is -2.22. The maximum Gasteiger partial charge on any atom is 0.326 e. The van der Waals surface area contributed by atoms with Crippen LogP contribution in [0.1, 0.15) is 20.3 Å². The quantitative estimate of drug-likeness (QED) is 0.472. The largest absolute Gasteiger partial charge is 0.326 e. The zero-order valence-corrected chi connectivity index (χ0v) is 7.18. The second-order valence-corrected chi connectivity index (χ2v) is 2.87. The van der Waals surface area contributed by atoms with E-state index in [1.54, 1.807) is 6.08 Å². The van der Waals surface area contributed by atoms with Gasteiger partial charge in [-0.3, -0.25) is 10.1 Å². The molecular formula is C8H12N2O2. The number of nitrogens with one attached hydrogen (secondary N) is 2. The summed E-state index contributed by atoms with van der Waals surface area (Å²) < 4.78 is 0. The van der Waals surface area contributed by atoms with E-state index in [-0.39, 0.29) is 5.91 Å². The van der Waals surface area contributed by atoms with E-state index in [2.05, 4.69) is 10.6 Å². The molecule has 3 amide bonds. The monoisotopic (exact) mass is 168 g/mol. The Bertz CT molecular complexity index is 245. The highest BCUT2D eigenvalue weighted by molar-refractivity contribution is 6.11. The van der Waals surface area contributed by atoms with Crippen molar-refractivity contribution < 1.29 is 9.59 Å². The van der Waals surface area contributed by atoms with Gasteiger partial charge >= 0.3 is 6.03 Å². The van der Waals surface area contributed by atoms with Gasteiger partial charge in [-0.05, 0) is 5.92 Å². The minimum atomic E-state index is -0.436. The highest BCUT2D eigenvalue weighted by atomic mass is 16.2. The summed E-state index contributed by atoms with van der Waals surface area (Å²) in [5.74, 6) is -0.0237. The van der Waals surface area contributed by atoms with Gasteiger partial charge in [0.15, 0.2) is 0 Å². The van der Waals surface area contributed by atoms with E-state index in [1.165, 1.54) is 0 Å². The molecule has 1 fully saturated rings. The molecule has 1 unspecified atom stereocenters. The van der Waals surface area contributed by atoms with Crippen molar-refractivity contribution in [2.45, 2.75) is 20.3 Å². The average Bonchev–Trinajstić information content (AvgIpc) is 2.30. The number of carbonyl (C=O) groups is 2. The molecule has 66 valence electrons. The smallest absolute Gasteiger partial charge is 0.303 e. The summed E-state index contributed by atoms with van der Waals surface area (Å²) in [5, 5.41) is 4.57. The molecule has 0 spiro atoms. The molecule has 4 heteroatoms. The van der Waals surface area contributed by atoms with Crippen LogP contribution in [-0.2, 0) is 4.79 Å². The predicted octanol–water partition coefficient (Wildman–Crippen LogP) is 0.756. The van der Waals surface area contributed by atoms with Gasteiger partial charge in [-0.15, -0.1) is 0 Å². The highest BCUT2D eigenvalue weighted by Crippen LogP contribution is 2.07. The molecule has 2 N–H and O–H groups in total. The molecule has 0 aromatic rings. The Hall–Kier alpha value is -1.32. The van der Waals surface area contributed by atoms with Gasteiger partial charge in [0.05, 0.1) is 0 Å². The normalized spacial score (nSPS) is 22.3. The lowest BCUT2D eigenvalue weighted by atomic mass is 10.1. The topological polar surface area (TPSA) is 58.2 Å². The molecule has 1 saturated heterocycles. The number of urea groups is 1. The zero-order chi connectivity index (χ0) is 9.14. The molecule has 1 aliphatic heterocycles. The van der Waals surface area contributed by atoms with Crippen molar-refractivity contribution in [3.8, 4) is 0 Å². The van der Waals surface area contributed by atoms with Crippen molar-refractivity contribution in [3.05, 3.63) is 11.8 Å². The molecule has 1 atom stereocenters. The SMILES string of the molecule is CCC(C)/C=C1\NC(=O)NC1=O. The summed E-state index contributed by atoms with van der Waals surface area (Å²) in [5.41, 5.74) is 0.370. The van der Waals surface area contributed by atoms with Crippen LogP contribution < -0.4 is 10.6 Å². The van der Waals surface area contributed by atoms with Crippen molar-refractivity contribution in [2.75, 3.05) is 0 Å². The van der Waals surface area contributed by atoms with Crippen LogP contribution in [0, 0.1) is 5.92 Å². The van der Waals surface area contributed by atoms with E-state index < -0.39 is 6.03 Å². The molecule has 1 heterocycles. The molecular weight excluding hydrogens is 156 g/mol. The molecule has 0 aromatic heterocycles. The Morgan fingerprint density at radius 1 is 1.42 bits per heavy atom. The standard InChI is InChI=1S/C8H12N2O2/c1-3-5(2)4-6-7(11)10-8(12)9-6/h4-5H,3H2,1-2H3,(H2,9,10,11,12)/b6-4-. The molecule has 12 heavy (non-hydrogen) atoms.